The average molecular weight is 404 g/mol. The maximum absolute atomic E-state index is 12.7. The molecular weight excluding hydrogens is 381 g/mol. The number of hydrogen-bond donors (Lipinski definition) is 1. The highest BCUT2D eigenvalue weighted by Crippen LogP contribution is 2.37. The van der Waals surface area contributed by atoms with E-state index in [2.05, 4.69) is 0 Å². The van der Waals surface area contributed by atoms with Gasteiger partial charge in [-0.3, -0.25) is 19.3 Å². The van der Waals surface area contributed by atoms with Crippen molar-refractivity contribution in [3.63, 3.8) is 0 Å². The van der Waals surface area contributed by atoms with E-state index in [0.29, 0.717) is 12.8 Å². The Balaban J connectivity index is 2.04. The first-order valence-electron chi connectivity index (χ1n) is 9.03. The minimum absolute atomic E-state index is 0.0713. The summed E-state index contributed by atoms with van der Waals surface area (Å²) < 4.78 is 41.2. The largest absolute Gasteiger partial charge is 0.454 e. The first-order valence-corrected chi connectivity index (χ1v) is 9.03. The minimum atomic E-state index is -4.58. The molecule has 28 heavy (non-hydrogen) atoms. The number of amides is 3. The summed E-state index contributed by atoms with van der Waals surface area (Å²) in [5.41, 5.74) is 0. The maximum atomic E-state index is 12.7. The van der Waals surface area contributed by atoms with Gasteiger partial charge in [-0.1, -0.05) is 26.0 Å². The van der Waals surface area contributed by atoms with Crippen molar-refractivity contribution in [3.05, 3.63) is 12.2 Å². The van der Waals surface area contributed by atoms with E-state index >= 15 is 0 Å². The number of nitrogens with one attached hydrogen (secondary N) is 1. The van der Waals surface area contributed by atoms with Crippen LogP contribution in [0.25, 0.3) is 0 Å². The Bertz CT molecular complexity index is 649. The second-order valence-corrected chi connectivity index (χ2v) is 7.35. The third-order valence-electron chi connectivity index (χ3n) is 4.65. The van der Waals surface area contributed by atoms with E-state index in [4.69, 9.17) is 4.74 Å². The van der Waals surface area contributed by atoms with Crippen LogP contribution in [0.15, 0.2) is 12.2 Å². The van der Waals surface area contributed by atoms with Gasteiger partial charge in [0.1, 0.15) is 12.6 Å². The topological polar surface area (TPSA) is 92.8 Å². The zero-order chi connectivity index (χ0) is 21.1. The number of fused-ring (bicyclic) bond motifs is 1. The number of nitrogens with zero attached hydrogens (tertiary/aromatic N) is 1. The van der Waals surface area contributed by atoms with Gasteiger partial charge in [-0.25, -0.2) is 4.79 Å². The molecular formula is C18H23F3N2O5. The Morgan fingerprint density at radius 3 is 2.18 bits per heavy atom. The fraction of sp³-hybridized carbons (Fsp3) is 0.667. The van der Waals surface area contributed by atoms with Gasteiger partial charge in [-0.2, -0.15) is 13.2 Å². The van der Waals surface area contributed by atoms with Crippen LogP contribution in [-0.2, 0) is 23.9 Å². The second kappa shape index (κ2) is 8.74. The van der Waals surface area contributed by atoms with Crippen LogP contribution >= 0.6 is 0 Å². The molecule has 3 amide bonds. The molecule has 0 aromatic rings. The highest BCUT2D eigenvalue weighted by molar-refractivity contribution is 6.08. The molecule has 1 heterocycles. The summed E-state index contributed by atoms with van der Waals surface area (Å²) in [6.07, 6.45) is 0.00318. The molecule has 0 radical (unpaired) electrons. The van der Waals surface area contributed by atoms with Gasteiger partial charge in [0.15, 0.2) is 6.61 Å². The van der Waals surface area contributed by atoms with E-state index < -0.39 is 60.9 Å². The second-order valence-electron chi connectivity index (χ2n) is 7.35. The number of alkyl halides is 3. The quantitative estimate of drug-likeness (QED) is 0.395. The lowest BCUT2D eigenvalue weighted by atomic mass is 9.85. The molecule has 10 heteroatoms. The summed E-state index contributed by atoms with van der Waals surface area (Å²) in [5.74, 6) is -4.12. The lowest BCUT2D eigenvalue weighted by Crippen LogP contribution is -2.47. The Hall–Kier alpha value is -2.39. The van der Waals surface area contributed by atoms with Crippen molar-refractivity contribution in [1.82, 2.24) is 10.2 Å². The van der Waals surface area contributed by atoms with Gasteiger partial charge >= 0.3 is 12.1 Å². The van der Waals surface area contributed by atoms with Crippen LogP contribution in [0.3, 0.4) is 0 Å². The minimum Gasteiger partial charge on any atom is -0.454 e. The van der Waals surface area contributed by atoms with Crippen molar-refractivity contribution >= 4 is 23.7 Å². The SMILES string of the molecule is CC(C)CC(C(=O)OCC(=O)NCC(F)(F)F)N1C(=O)C2CC=CCC2C1=O. The Labute approximate surface area is 160 Å². The normalized spacial score (nSPS) is 23.0. The summed E-state index contributed by atoms with van der Waals surface area (Å²) in [6.45, 7) is 1.11. The number of carbonyl (C=O) groups excluding carboxylic acids is 4. The fourth-order valence-corrected chi connectivity index (χ4v) is 3.37. The van der Waals surface area contributed by atoms with Gasteiger partial charge in [-0.15, -0.1) is 0 Å². The summed E-state index contributed by atoms with van der Waals surface area (Å²) in [5, 5.41) is 1.59. The van der Waals surface area contributed by atoms with Gasteiger partial charge in [0.25, 0.3) is 5.91 Å². The number of likely N-dealkylation sites (tertiary alicyclic amines) is 1. The highest BCUT2D eigenvalue weighted by atomic mass is 19.4. The Morgan fingerprint density at radius 2 is 1.71 bits per heavy atom. The van der Waals surface area contributed by atoms with E-state index in [0.717, 1.165) is 4.90 Å². The van der Waals surface area contributed by atoms with E-state index in [1.807, 2.05) is 12.2 Å². The van der Waals surface area contributed by atoms with E-state index in [-0.39, 0.29) is 12.3 Å². The molecule has 1 N–H and O–H groups in total. The van der Waals surface area contributed by atoms with Gasteiger partial charge in [0.2, 0.25) is 11.8 Å². The van der Waals surface area contributed by atoms with Crippen LogP contribution in [0.5, 0.6) is 0 Å². The molecule has 1 aliphatic carbocycles. The number of carbonyl (C=O) groups is 4. The first kappa shape index (κ1) is 21.9. The summed E-state index contributed by atoms with van der Waals surface area (Å²) in [4.78, 5) is 50.2. The summed E-state index contributed by atoms with van der Waals surface area (Å²) in [7, 11) is 0. The number of hydrogen-bond acceptors (Lipinski definition) is 5. The van der Waals surface area contributed by atoms with Crippen LogP contribution in [0.2, 0.25) is 0 Å². The van der Waals surface area contributed by atoms with Crippen molar-refractivity contribution in [2.24, 2.45) is 17.8 Å². The zero-order valence-electron chi connectivity index (χ0n) is 15.6. The molecule has 0 bridgehead atoms. The molecule has 3 atom stereocenters. The third kappa shape index (κ3) is 5.32. The molecule has 3 unspecified atom stereocenters. The van der Waals surface area contributed by atoms with Crippen LogP contribution < -0.4 is 5.32 Å². The standard InChI is InChI=1S/C18H23F3N2O5/c1-10(2)7-13(17(27)28-8-14(24)22-9-18(19,20)21)23-15(25)11-5-3-4-6-12(11)16(23)26/h3-4,10-13H,5-9H2,1-2H3,(H,22,24). The Morgan fingerprint density at radius 1 is 1.18 bits per heavy atom. The maximum Gasteiger partial charge on any atom is 0.405 e. The number of halogens is 3. The van der Waals surface area contributed by atoms with Crippen molar-refractivity contribution in [2.75, 3.05) is 13.2 Å². The molecule has 7 nitrogen and oxygen atoms in total. The van der Waals surface area contributed by atoms with E-state index in [1.54, 1.807) is 19.2 Å². The molecule has 2 aliphatic rings. The van der Waals surface area contributed by atoms with Gasteiger partial charge in [0, 0.05) is 0 Å². The van der Waals surface area contributed by atoms with Gasteiger partial charge in [-0.05, 0) is 25.2 Å². The van der Waals surface area contributed by atoms with Crippen LogP contribution in [0.4, 0.5) is 13.2 Å². The average Bonchev–Trinajstić information content (AvgIpc) is 2.86. The molecule has 1 saturated heterocycles. The number of allylic oxidation sites excluding steroid dienone is 2. The smallest absolute Gasteiger partial charge is 0.405 e. The van der Waals surface area contributed by atoms with Gasteiger partial charge < -0.3 is 10.1 Å². The zero-order valence-corrected chi connectivity index (χ0v) is 15.6. The van der Waals surface area contributed by atoms with Crippen molar-refractivity contribution < 1.29 is 37.1 Å². The molecule has 1 fully saturated rings. The molecule has 156 valence electrons. The van der Waals surface area contributed by atoms with E-state index in [9.17, 15) is 32.3 Å². The predicted octanol–water partition coefficient (Wildman–Crippen LogP) is 1.57. The fourth-order valence-electron chi connectivity index (χ4n) is 3.37. The molecule has 2 rings (SSSR count). The monoisotopic (exact) mass is 404 g/mol. The van der Waals surface area contributed by atoms with Crippen molar-refractivity contribution in [3.8, 4) is 0 Å². The summed E-state index contributed by atoms with van der Waals surface area (Å²) in [6, 6.07) is -1.21. The molecule has 0 saturated carbocycles. The van der Waals surface area contributed by atoms with Crippen molar-refractivity contribution in [2.45, 2.75) is 45.3 Å². The van der Waals surface area contributed by atoms with Gasteiger partial charge in [0.05, 0.1) is 11.8 Å². The van der Waals surface area contributed by atoms with E-state index in [1.165, 1.54) is 0 Å². The van der Waals surface area contributed by atoms with Crippen LogP contribution in [0, 0.1) is 17.8 Å². The predicted molar refractivity (Wildman–Crippen MR) is 90.5 cm³/mol. The van der Waals surface area contributed by atoms with Crippen LogP contribution in [0.1, 0.15) is 33.1 Å². The number of rotatable bonds is 7. The lowest BCUT2D eigenvalue weighted by Gasteiger charge is -2.26. The third-order valence-corrected chi connectivity index (χ3v) is 4.65. The number of esters is 1. The Kier molecular flexibility index (Phi) is 6.84. The van der Waals surface area contributed by atoms with Crippen molar-refractivity contribution in [1.29, 1.82) is 0 Å². The summed E-state index contributed by atoms with van der Waals surface area (Å²) >= 11 is 0. The molecule has 0 aromatic heterocycles. The number of ether oxygens (including phenoxy) is 1. The molecule has 1 aliphatic heterocycles. The molecule has 0 aromatic carbocycles. The number of imide groups is 1. The lowest BCUT2D eigenvalue weighted by molar-refractivity contribution is -0.162. The first-order chi connectivity index (χ1) is 13.0. The van der Waals surface area contributed by atoms with Crippen LogP contribution in [-0.4, -0.2) is 54.0 Å². The highest BCUT2D eigenvalue weighted by Gasteiger charge is 2.51. The molecule has 0 spiro atoms.